The summed E-state index contributed by atoms with van der Waals surface area (Å²) in [5, 5.41) is 6.42. The number of nitrogens with zero attached hydrogens (tertiary/aromatic N) is 2. The molecule has 3 heteroatoms. The highest BCUT2D eigenvalue weighted by molar-refractivity contribution is 6.10. The van der Waals surface area contributed by atoms with E-state index in [4.69, 9.17) is 5.73 Å². The zero-order valence-corrected chi connectivity index (χ0v) is 15.4. The molecule has 0 atom stereocenters. The minimum Gasteiger partial charge on any atom is -0.344 e. The first-order valence-electron chi connectivity index (χ1n) is 9.37. The summed E-state index contributed by atoms with van der Waals surface area (Å²) in [4.78, 5) is 0. The van der Waals surface area contributed by atoms with Gasteiger partial charge in [-0.1, -0.05) is 42.5 Å². The fourth-order valence-electron chi connectivity index (χ4n) is 4.21. The second kappa shape index (κ2) is 6.22. The maximum atomic E-state index is 5.79. The van der Waals surface area contributed by atoms with Crippen molar-refractivity contribution in [3.8, 4) is 0 Å². The maximum absolute atomic E-state index is 5.79. The fraction of sp³-hybridized carbons (Fsp3) is 0.125. The third-order valence-corrected chi connectivity index (χ3v) is 5.50. The molecule has 5 rings (SSSR count). The van der Waals surface area contributed by atoms with Gasteiger partial charge in [-0.15, -0.1) is 0 Å². The van der Waals surface area contributed by atoms with Gasteiger partial charge in [0.05, 0.1) is 11.9 Å². The quantitative estimate of drug-likeness (QED) is 0.497. The average Bonchev–Trinajstić information content (AvgIpc) is 2.98. The molecule has 2 heterocycles. The van der Waals surface area contributed by atoms with Gasteiger partial charge in [-0.3, -0.25) is 0 Å². The van der Waals surface area contributed by atoms with Gasteiger partial charge >= 0.3 is 0 Å². The number of hydrogen-bond donors (Lipinski definition) is 1. The predicted molar refractivity (Wildman–Crippen MR) is 112 cm³/mol. The van der Waals surface area contributed by atoms with E-state index in [1.165, 1.54) is 43.5 Å². The average molecular weight is 352 g/mol. The molecular formula is C24H22N3+. The van der Waals surface area contributed by atoms with E-state index in [9.17, 15) is 0 Å². The highest BCUT2D eigenvalue weighted by Gasteiger charge is 2.12. The summed E-state index contributed by atoms with van der Waals surface area (Å²) >= 11 is 0. The molecule has 0 saturated carbocycles. The van der Waals surface area contributed by atoms with Gasteiger partial charge in [0.1, 0.15) is 0 Å². The summed E-state index contributed by atoms with van der Waals surface area (Å²) in [5.41, 5.74) is 9.51. The van der Waals surface area contributed by atoms with Crippen molar-refractivity contribution in [2.45, 2.75) is 6.54 Å². The summed E-state index contributed by atoms with van der Waals surface area (Å²) in [6, 6.07) is 23.8. The second-order valence-corrected chi connectivity index (χ2v) is 7.04. The molecule has 5 aromatic rings. The number of fused-ring (bicyclic) bond motifs is 1. The van der Waals surface area contributed by atoms with Gasteiger partial charge in [0, 0.05) is 40.8 Å². The van der Waals surface area contributed by atoms with Gasteiger partial charge in [0.15, 0.2) is 12.7 Å². The molecule has 0 aliphatic heterocycles. The Morgan fingerprint density at radius 2 is 1.70 bits per heavy atom. The first-order valence-corrected chi connectivity index (χ1v) is 9.37. The molecule has 0 aliphatic carbocycles. The van der Waals surface area contributed by atoms with Gasteiger partial charge in [0.25, 0.3) is 0 Å². The molecule has 132 valence electrons. The van der Waals surface area contributed by atoms with Gasteiger partial charge in [0.2, 0.25) is 5.52 Å². The Balaban J connectivity index is 1.86. The van der Waals surface area contributed by atoms with E-state index in [1.54, 1.807) is 0 Å². The monoisotopic (exact) mass is 352 g/mol. The Hall–Kier alpha value is -3.17. The second-order valence-electron chi connectivity index (χ2n) is 7.04. The van der Waals surface area contributed by atoms with Crippen molar-refractivity contribution in [2.75, 3.05) is 6.54 Å². The number of hydrogen-bond acceptors (Lipinski definition) is 1. The summed E-state index contributed by atoms with van der Waals surface area (Å²) < 4.78 is 4.53. The maximum Gasteiger partial charge on any atom is 0.213 e. The third kappa shape index (κ3) is 2.43. The van der Waals surface area contributed by atoms with Gasteiger partial charge in [-0.05, 0) is 29.2 Å². The summed E-state index contributed by atoms with van der Waals surface area (Å²) in [5.74, 6) is 0. The van der Waals surface area contributed by atoms with E-state index in [0.717, 1.165) is 6.54 Å². The molecule has 0 amide bonds. The lowest BCUT2D eigenvalue weighted by molar-refractivity contribution is -0.668. The number of rotatable bonds is 3. The summed E-state index contributed by atoms with van der Waals surface area (Å²) in [6.45, 7) is 1.46. The van der Waals surface area contributed by atoms with Crippen LogP contribution in [0.15, 0.2) is 72.9 Å². The van der Waals surface area contributed by atoms with Crippen molar-refractivity contribution in [1.82, 2.24) is 4.57 Å². The highest BCUT2D eigenvalue weighted by Crippen LogP contribution is 2.25. The molecule has 0 unspecified atom stereocenters. The van der Waals surface area contributed by atoms with Crippen molar-refractivity contribution in [3.63, 3.8) is 0 Å². The normalized spacial score (nSPS) is 12.6. The Bertz CT molecular complexity index is 1340. The van der Waals surface area contributed by atoms with Crippen LogP contribution in [-0.4, -0.2) is 11.1 Å². The number of nitrogens with two attached hydrogens (primary N) is 1. The van der Waals surface area contributed by atoms with Crippen molar-refractivity contribution in [2.24, 2.45) is 12.8 Å². The molecule has 0 bridgehead atoms. The first kappa shape index (κ1) is 16.0. The Labute approximate surface area is 157 Å². The minimum atomic E-state index is 0.634. The van der Waals surface area contributed by atoms with Crippen LogP contribution in [0.4, 0.5) is 0 Å². The molecule has 0 radical (unpaired) electrons. The van der Waals surface area contributed by atoms with Crippen LogP contribution >= 0.6 is 0 Å². The lowest BCUT2D eigenvalue weighted by Crippen LogP contribution is -2.38. The number of para-hydroxylation sites is 1. The van der Waals surface area contributed by atoms with E-state index in [-0.39, 0.29) is 0 Å². The van der Waals surface area contributed by atoms with Crippen LogP contribution in [0.3, 0.4) is 0 Å². The molecule has 3 aromatic carbocycles. The standard InChI is InChI=1S/C24H22N3/c1-26-22-11-5-7-17-6-4-9-20(24(17)22)23(26)16-18-12-14-27(15-13-25)21-10-3-2-8-19(18)21/h2-12,14,16H,13,15,25H2,1H3/q+1. The summed E-state index contributed by atoms with van der Waals surface area (Å²) in [7, 11) is 2.15. The minimum absolute atomic E-state index is 0.634. The van der Waals surface area contributed by atoms with E-state index >= 15 is 0 Å². The molecule has 0 aliphatic rings. The molecule has 0 fully saturated rings. The van der Waals surface area contributed by atoms with E-state index in [0.29, 0.717) is 6.54 Å². The molecular weight excluding hydrogens is 330 g/mol. The fourth-order valence-corrected chi connectivity index (χ4v) is 4.21. The van der Waals surface area contributed by atoms with Crippen LogP contribution in [0.1, 0.15) is 5.56 Å². The number of pyridine rings is 1. The molecule has 2 N–H and O–H groups in total. The van der Waals surface area contributed by atoms with Crippen LogP contribution in [-0.2, 0) is 13.6 Å². The Morgan fingerprint density at radius 3 is 2.56 bits per heavy atom. The molecule has 2 aromatic heterocycles. The molecule has 27 heavy (non-hydrogen) atoms. The number of aromatic nitrogens is 2. The number of aryl methyl sites for hydroxylation is 1. The van der Waals surface area contributed by atoms with Crippen molar-refractivity contribution in [3.05, 3.63) is 83.8 Å². The van der Waals surface area contributed by atoms with Crippen molar-refractivity contribution in [1.29, 1.82) is 0 Å². The van der Waals surface area contributed by atoms with Crippen LogP contribution in [0, 0.1) is 0 Å². The van der Waals surface area contributed by atoms with E-state index in [1.807, 2.05) is 0 Å². The van der Waals surface area contributed by atoms with Crippen LogP contribution in [0.25, 0.3) is 38.7 Å². The lowest BCUT2D eigenvalue weighted by atomic mass is 10.1. The first-order chi connectivity index (χ1) is 13.3. The Kier molecular flexibility index (Phi) is 3.69. The number of benzene rings is 3. The topological polar surface area (TPSA) is 34.8 Å². The van der Waals surface area contributed by atoms with E-state index < -0.39 is 0 Å². The SMILES string of the molecule is Cn1/c(=C\c2cc[n+](CCN)c3ccccc23)c2cccc3cccc1c32. The van der Waals surface area contributed by atoms with E-state index in [2.05, 4.69) is 95.2 Å². The zero-order valence-electron chi connectivity index (χ0n) is 15.4. The largest absolute Gasteiger partial charge is 0.344 e. The Morgan fingerprint density at radius 1 is 0.926 bits per heavy atom. The summed E-state index contributed by atoms with van der Waals surface area (Å²) in [6.07, 6.45) is 4.45. The van der Waals surface area contributed by atoms with Crippen LogP contribution in [0.5, 0.6) is 0 Å². The highest BCUT2D eigenvalue weighted by atomic mass is 15.0. The van der Waals surface area contributed by atoms with Crippen LogP contribution in [0.2, 0.25) is 0 Å². The molecule has 0 saturated heterocycles. The van der Waals surface area contributed by atoms with Crippen LogP contribution < -0.4 is 15.6 Å². The molecule has 0 spiro atoms. The zero-order chi connectivity index (χ0) is 18.4. The van der Waals surface area contributed by atoms with Gasteiger partial charge < -0.3 is 10.3 Å². The molecule has 3 nitrogen and oxygen atoms in total. The van der Waals surface area contributed by atoms with Crippen molar-refractivity contribution >= 4 is 38.7 Å². The van der Waals surface area contributed by atoms with Crippen molar-refractivity contribution < 1.29 is 4.57 Å². The third-order valence-electron chi connectivity index (χ3n) is 5.50. The van der Waals surface area contributed by atoms with Gasteiger partial charge in [-0.2, -0.15) is 4.57 Å². The smallest absolute Gasteiger partial charge is 0.213 e. The predicted octanol–water partition coefficient (Wildman–Crippen LogP) is 3.28. The lowest BCUT2D eigenvalue weighted by Gasteiger charge is -2.04. The van der Waals surface area contributed by atoms with Gasteiger partial charge in [-0.25, -0.2) is 0 Å².